The monoisotopic (exact) mass is 332 g/mol. The number of benzene rings is 1. The Morgan fingerprint density at radius 3 is 2.45 bits per heavy atom. The fourth-order valence-corrected chi connectivity index (χ4v) is 4.13. The average molecular weight is 333 g/mol. The van der Waals surface area contributed by atoms with Gasteiger partial charge in [-0.1, -0.05) is 30.1 Å². The summed E-state index contributed by atoms with van der Waals surface area (Å²) < 4.78 is 28.7. The second kappa shape index (κ2) is 6.18. The van der Waals surface area contributed by atoms with Crippen molar-refractivity contribution in [1.29, 1.82) is 0 Å². The largest absolute Gasteiger partial charge is 0.322 e. The van der Waals surface area contributed by atoms with Gasteiger partial charge in [-0.15, -0.1) is 0 Å². The topological polar surface area (TPSA) is 51.1 Å². The van der Waals surface area contributed by atoms with Gasteiger partial charge in [0.1, 0.15) is 4.90 Å². The quantitative estimate of drug-likeness (QED) is 0.911. The summed E-state index contributed by atoms with van der Waals surface area (Å²) in [6, 6.07) is 6.87. The van der Waals surface area contributed by atoms with Crippen LogP contribution in [0, 0.1) is 0 Å². The number of rotatable bonds is 5. The second-order valence-electron chi connectivity index (χ2n) is 4.20. The number of hydrogen-bond donors (Lipinski definition) is 1. The summed E-state index contributed by atoms with van der Waals surface area (Å²) in [5, 5.41) is 0.215. The van der Waals surface area contributed by atoms with Crippen molar-refractivity contribution in [3.63, 3.8) is 0 Å². The molecule has 7 heteroatoms. The maximum Gasteiger partial charge on any atom is 0.243 e. The number of nitrogens with one attached hydrogen (secondary N) is 1. The van der Waals surface area contributed by atoms with Gasteiger partial charge in [-0.25, -0.2) is 13.1 Å². The molecule has 0 spiro atoms. The van der Waals surface area contributed by atoms with Gasteiger partial charge in [-0.3, -0.25) is 0 Å². The molecule has 0 radical (unpaired) electrons. The van der Waals surface area contributed by atoms with Crippen molar-refractivity contribution < 1.29 is 8.42 Å². The molecular formula is C13H14Cl2N2O2S. The zero-order chi connectivity index (χ0) is 14.8. The number of nitrogens with zero attached hydrogens (tertiary/aromatic N) is 1. The van der Waals surface area contributed by atoms with Gasteiger partial charge < -0.3 is 4.57 Å². The molecule has 2 rings (SSSR count). The molecule has 1 aromatic carbocycles. The van der Waals surface area contributed by atoms with E-state index in [-0.39, 0.29) is 14.9 Å². The number of halogens is 2. The van der Waals surface area contributed by atoms with Gasteiger partial charge in [-0.05, 0) is 30.7 Å². The van der Waals surface area contributed by atoms with E-state index in [1.807, 2.05) is 19.1 Å². The van der Waals surface area contributed by atoms with Gasteiger partial charge in [0.15, 0.2) is 0 Å². The SMILES string of the molecule is CCCNS(=O)(=O)c1c(Cl)ccc(-n2cccc2)c1Cl. The van der Waals surface area contributed by atoms with Gasteiger partial charge in [0.05, 0.1) is 15.7 Å². The van der Waals surface area contributed by atoms with E-state index in [0.717, 1.165) is 0 Å². The molecule has 108 valence electrons. The highest BCUT2D eigenvalue weighted by molar-refractivity contribution is 7.89. The lowest BCUT2D eigenvalue weighted by Gasteiger charge is -2.13. The van der Waals surface area contributed by atoms with Crippen LogP contribution in [0.5, 0.6) is 0 Å². The Morgan fingerprint density at radius 1 is 1.20 bits per heavy atom. The van der Waals surface area contributed by atoms with Gasteiger partial charge in [0.2, 0.25) is 10.0 Å². The molecule has 0 atom stereocenters. The maximum absolute atomic E-state index is 12.3. The first-order valence-corrected chi connectivity index (χ1v) is 8.32. The van der Waals surface area contributed by atoms with E-state index in [9.17, 15) is 8.42 Å². The van der Waals surface area contributed by atoms with Crippen LogP contribution in [0.4, 0.5) is 0 Å². The van der Waals surface area contributed by atoms with Gasteiger partial charge in [0.25, 0.3) is 0 Å². The maximum atomic E-state index is 12.3. The zero-order valence-corrected chi connectivity index (χ0v) is 13.1. The molecule has 0 bridgehead atoms. The molecule has 1 heterocycles. The van der Waals surface area contributed by atoms with E-state index in [0.29, 0.717) is 18.7 Å². The van der Waals surface area contributed by atoms with Crippen LogP contribution < -0.4 is 4.72 Å². The van der Waals surface area contributed by atoms with Crippen LogP contribution in [0.2, 0.25) is 10.0 Å². The highest BCUT2D eigenvalue weighted by atomic mass is 35.5. The van der Waals surface area contributed by atoms with Crippen molar-refractivity contribution >= 4 is 33.2 Å². The summed E-state index contributed by atoms with van der Waals surface area (Å²) in [7, 11) is -3.72. The summed E-state index contributed by atoms with van der Waals surface area (Å²) in [6.45, 7) is 2.21. The Morgan fingerprint density at radius 2 is 1.85 bits per heavy atom. The Bertz CT molecular complexity index is 697. The molecule has 0 amide bonds. The van der Waals surface area contributed by atoms with Crippen molar-refractivity contribution in [2.45, 2.75) is 18.2 Å². The van der Waals surface area contributed by atoms with Crippen molar-refractivity contribution in [3.05, 3.63) is 46.7 Å². The van der Waals surface area contributed by atoms with Crippen molar-refractivity contribution in [2.24, 2.45) is 0 Å². The van der Waals surface area contributed by atoms with E-state index in [1.54, 1.807) is 23.0 Å². The van der Waals surface area contributed by atoms with E-state index in [2.05, 4.69) is 4.72 Å². The minimum Gasteiger partial charge on any atom is -0.322 e. The summed E-state index contributed by atoms with van der Waals surface area (Å²) >= 11 is 12.3. The molecule has 2 aromatic rings. The Kier molecular flexibility index (Phi) is 4.75. The first kappa shape index (κ1) is 15.4. The van der Waals surface area contributed by atoms with Crippen molar-refractivity contribution in [2.75, 3.05) is 6.54 Å². The molecule has 4 nitrogen and oxygen atoms in total. The van der Waals surface area contributed by atoms with Crippen LogP contribution in [0.3, 0.4) is 0 Å². The average Bonchev–Trinajstić information content (AvgIpc) is 2.90. The predicted molar refractivity (Wildman–Crippen MR) is 81.3 cm³/mol. The number of aromatic nitrogens is 1. The third-order valence-corrected chi connectivity index (χ3v) is 5.19. The number of hydrogen-bond acceptors (Lipinski definition) is 2. The highest BCUT2D eigenvalue weighted by Gasteiger charge is 2.23. The Balaban J connectivity index is 2.56. The third-order valence-electron chi connectivity index (χ3n) is 2.72. The summed E-state index contributed by atoms with van der Waals surface area (Å²) in [5.41, 5.74) is 0.568. The summed E-state index contributed by atoms with van der Waals surface area (Å²) in [4.78, 5) is -0.0829. The number of sulfonamides is 1. The van der Waals surface area contributed by atoms with Crippen molar-refractivity contribution in [1.82, 2.24) is 9.29 Å². The van der Waals surface area contributed by atoms with E-state index in [4.69, 9.17) is 23.2 Å². The molecular weight excluding hydrogens is 319 g/mol. The fraction of sp³-hybridized carbons (Fsp3) is 0.231. The molecule has 0 fully saturated rings. The molecule has 0 saturated heterocycles. The standard InChI is InChI=1S/C13H14Cl2N2O2S/c1-2-7-16-20(18,19)13-10(14)5-6-11(12(13)15)17-8-3-4-9-17/h3-6,8-9,16H,2,7H2,1H3. The molecule has 1 aromatic heterocycles. The van der Waals surface area contributed by atoms with Crippen LogP contribution >= 0.6 is 23.2 Å². The van der Waals surface area contributed by atoms with Crippen LogP contribution in [0.1, 0.15) is 13.3 Å². The third kappa shape index (κ3) is 3.01. The lowest BCUT2D eigenvalue weighted by Crippen LogP contribution is -2.25. The molecule has 0 aliphatic carbocycles. The van der Waals surface area contributed by atoms with Crippen LogP contribution in [-0.2, 0) is 10.0 Å². The molecule has 0 aliphatic heterocycles. The summed E-state index contributed by atoms with van der Waals surface area (Å²) in [6.07, 6.45) is 4.25. The molecule has 20 heavy (non-hydrogen) atoms. The Labute approximate surface area is 128 Å². The van der Waals surface area contributed by atoms with Crippen LogP contribution in [0.25, 0.3) is 5.69 Å². The van der Waals surface area contributed by atoms with Gasteiger partial charge in [0, 0.05) is 18.9 Å². The second-order valence-corrected chi connectivity index (χ2v) is 6.69. The van der Waals surface area contributed by atoms with Crippen LogP contribution in [-0.4, -0.2) is 19.5 Å². The minimum absolute atomic E-state index is 0.0829. The van der Waals surface area contributed by atoms with Gasteiger partial charge >= 0.3 is 0 Å². The van der Waals surface area contributed by atoms with Crippen LogP contribution in [0.15, 0.2) is 41.6 Å². The lowest BCUT2D eigenvalue weighted by molar-refractivity contribution is 0.581. The zero-order valence-electron chi connectivity index (χ0n) is 10.8. The molecule has 0 saturated carbocycles. The molecule has 0 unspecified atom stereocenters. The van der Waals surface area contributed by atoms with E-state index in [1.165, 1.54) is 6.07 Å². The Hall–Kier alpha value is -1.01. The first-order valence-electron chi connectivity index (χ1n) is 6.08. The fourth-order valence-electron chi connectivity index (χ4n) is 1.77. The van der Waals surface area contributed by atoms with Crippen molar-refractivity contribution in [3.8, 4) is 5.69 Å². The molecule has 0 aliphatic rings. The predicted octanol–water partition coefficient (Wildman–Crippen LogP) is 3.47. The normalized spacial score (nSPS) is 11.8. The van der Waals surface area contributed by atoms with E-state index < -0.39 is 10.0 Å². The smallest absolute Gasteiger partial charge is 0.243 e. The highest BCUT2D eigenvalue weighted by Crippen LogP contribution is 2.34. The minimum atomic E-state index is -3.72. The molecule has 1 N–H and O–H groups in total. The summed E-state index contributed by atoms with van der Waals surface area (Å²) in [5.74, 6) is 0. The van der Waals surface area contributed by atoms with Gasteiger partial charge in [-0.2, -0.15) is 0 Å². The first-order chi connectivity index (χ1) is 9.47. The lowest BCUT2D eigenvalue weighted by atomic mass is 10.3. The van der Waals surface area contributed by atoms with E-state index >= 15 is 0 Å².